The molecule has 0 unspecified atom stereocenters. The van der Waals surface area contributed by atoms with Crippen molar-refractivity contribution < 1.29 is 26.5 Å². The van der Waals surface area contributed by atoms with Crippen LogP contribution in [0, 0.1) is 0 Å². The molecule has 0 aliphatic rings. The Bertz CT molecular complexity index is 867. The Labute approximate surface area is 155 Å². The monoisotopic (exact) mass is 407 g/mol. The molecule has 0 aliphatic carbocycles. The van der Waals surface area contributed by atoms with E-state index >= 15 is 0 Å². The number of hydrogen-bond acceptors (Lipinski definition) is 2. The molecule has 0 aliphatic heterocycles. The molecule has 2 aromatic carbocycles. The Balaban J connectivity index is 2.16. The highest BCUT2D eigenvalue weighted by Crippen LogP contribution is 2.33. The van der Waals surface area contributed by atoms with E-state index in [0.717, 1.165) is 24.2 Å². The van der Waals surface area contributed by atoms with Gasteiger partial charge in [-0.3, -0.25) is 0 Å². The van der Waals surface area contributed by atoms with Gasteiger partial charge >= 0.3 is 6.18 Å². The number of rotatable bonds is 6. The second-order valence-corrected chi connectivity index (χ2v) is 8.31. The molecular weight excluding hydrogens is 389 g/mol. The van der Waals surface area contributed by atoms with E-state index in [-0.39, 0.29) is 11.6 Å². The molecule has 142 valence electrons. The SMILES string of the molecule is C[NH+](C)Cc1ccc(CNS(=O)(=O)c2cc(C(F)(F)F)ccc2Cl)cc1. The smallest absolute Gasteiger partial charge is 0.336 e. The Kier molecular flexibility index (Phi) is 6.33. The van der Waals surface area contributed by atoms with Crippen LogP contribution >= 0.6 is 11.6 Å². The van der Waals surface area contributed by atoms with Gasteiger partial charge in [-0.1, -0.05) is 35.9 Å². The van der Waals surface area contributed by atoms with Crippen molar-refractivity contribution in [2.75, 3.05) is 14.1 Å². The summed E-state index contributed by atoms with van der Waals surface area (Å²) in [6, 6.07) is 9.52. The summed E-state index contributed by atoms with van der Waals surface area (Å²) < 4.78 is 65.4. The first-order chi connectivity index (χ1) is 12.0. The molecule has 0 atom stereocenters. The highest BCUT2D eigenvalue weighted by Gasteiger charge is 2.32. The van der Waals surface area contributed by atoms with E-state index in [1.165, 1.54) is 4.90 Å². The van der Waals surface area contributed by atoms with Crippen molar-refractivity contribution in [3.63, 3.8) is 0 Å². The first kappa shape index (κ1) is 20.7. The Morgan fingerprint density at radius 1 is 1.04 bits per heavy atom. The van der Waals surface area contributed by atoms with Gasteiger partial charge in [0.2, 0.25) is 10.0 Å². The van der Waals surface area contributed by atoms with Crippen LogP contribution < -0.4 is 9.62 Å². The first-order valence-electron chi connectivity index (χ1n) is 7.72. The van der Waals surface area contributed by atoms with Crippen LogP contribution in [0.25, 0.3) is 0 Å². The Hall–Kier alpha value is -1.61. The van der Waals surface area contributed by atoms with Crippen molar-refractivity contribution in [1.29, 1.82) is 0 Å². The van der Waals surface area contributed by atoms with Gasteiger partial charge in [0.1, 0.15) is 11.4 Å². The maximum Gasteiger partial charge on any atom is 0.416 e. The van der Waals surface area contributed by atoms with Crippen molar-refractivity contribution in [2.45, 2.75) is 24.2 Å². The van der Waals surface area contributed by atoms with Crippen LogP contribution in [0.15, 0.2) is 47.4 Å². The van der Waals surface area contributed by atoms with Crippen LogP contribution in [0.3, 0.4) is 0 Å². The average Bonchev–Trinajstić information content (AvgIpc) is 2.53. The largest absolute Gasteiger partial charge is 0.416 e. The summed E-state index contributed by atoms with van der Waals surface area (Å²) in [5.41, 5.74) is 0.713. The molecule has 4 nitrogen and oxygen atoms in total. The predicted octanol–water partition coefficient (Wildman–Crippen LogP) is 2.48. The number of quaternary nitrogens is 1. The van der Waals surface area contributed by atoms with E-state index in [4.69, 9.17) is 11.6 Å². The molecule has 0 fully saturated rings. The molecule has 26 heavy (non-hydrogen) atoms. The maximum atomic E-state index is 12.8. The van der Waals surface area contributed by atoms with Gasteiger partial charge in [-0.15, -0.1) is 0 Å². The standard InChI is InChI=1S/C17H18ClF3N2O2S/c1-23(2)11-13-5-3-12(4-6-13)10-22-26(24,25)16-9-14(17(19,20)21)7-8-15(16)18/h3-9,22H,10-11H2,1-2H3/p+1. The summed E-state index contributed by atoms with van der Waals surface area (Å²) in [4.78, 5) is 0.652. The first-order valence-corrected chi connectivity index (χ1v) is 9.58. The summed E-state index contributed by atoms with van der Waals surface area (Å²) in [5, 5.41) is -0.269. The lowest BCUT2D eigenvalue weighted by Gasteiger charge is -2.12. The molecule has 0 saturated carbocycles. The predicted molar refractivity (Wildman–Crippen MR) is 93.4 cm³/mol. The van der Waals surface area contributed by atoms with E-state index in [1.807, 2.05) is 26.2 Å². The molecule has 0 spiro atoms. The van der Waals surface area contributed by atoms with Crippen LogP contribution in [0.4, 0.5) is 13.2 Å². The molecule has 0 bridgehead atoms. The van der Waals surface area contributed by atoms with Crippen molar-refractivity contribution in [3.05, 3.63) is 64.2 Å². The summed E-state index contributed by atoms with van der Waals surface area (Å²) in [7, 11) is -0.158. The number of halogens is 4. The fourth-order valence-corrected chi connectivity index (χ4v) is 3.87. The summed E-state index contributed by atoms with van der Waals surface area (Å²) >= 11 is 5.79. The number of alkyl halides is 3. The molecule has 2 aromatic rings. The zero-order chi connectivity index (χ0) is 19.5. The van der Waals surface area contributed by atoms with Crippen molar-refractivity contribution in [1.82, 2.24) is 4.72 Å². The molecular formula is C17H19ClF3N2O2S+. The molecule has 0 radical (unpaired) electrons. The lowest BCUT2D eigenvalue weighted by molar-refractivity contribution is -0.872. The van der Waals surface area contributed by atoms with Gasteiger partial charge in [0.25, 0.3) is 0 Å². The molecule has 2 N–H and O–H groups in total. The molecule has 2 rings (SSSR count). The number of hydrogen-bond donors (Lipinski definition) is 2. The lowest BCUT2D eigenvalue weighted by atomic mass is 10.1. The zero-order valence-corrected chi connectivity index (χ0v) is 15.8. The minimum absolute atomic E-state index is 0.0516. The third-order valence-electron chi connectivity index (χ3n) is 3.60. The maximum absolute atomic E-state index is 12.8. The Morgan fingerprint density at radius 2 is 1.62 bits per heavy atom. The van der Waals surface area contributed by atoms with Gasteiger partial charge in [0.05, 0.1) is 24.7 Å². The molecule has 0 aromatic heterocycles. The zero-order valence-electron chi connectivity index (χ0n) is 14.2. The normalized spacial score (nSPS) is 12.6. The van der Waals surface area contributed by atoms with Crippen LogP contribution in [0.1, 0.15) is 16.7 Å². The highest BCUT2D eigenvalue weighted by molar-refractivity contribution is 7.89. The third kappa shape index (κ3) is 5.44. The number of benzene rings is 2. The molecule has 0 heterocycles. The summed E-state index contributed by atoms with van der Waals surface area (Å²) in [6.07, 6.45) is -4.65. The van der Waals surface area contributed by atoms with E-state index in [0.29, 0.717) is 11.6 Å². The van der Waals surface area contributed by atoms with Gasteiger partial charge in [-0.2, -0.15) is 13.2 Å². The average molecular weight is 408 g/mol. The van der Waals surface area contributed by atoms with E-state index in [1.54, 1.807) is 12.1 Å². The van der Waals surface area contributed by atoms with Gasteiger partial charge in [-0.25, -0.2) is 13.1 Å². The fraction of sp³-hybridized carbons (Fsp3) is 0.294. The van der Waals surface area contributed by atoms with E-state index in [9.17, 15) is 21.6 Å². The van der Waals surface area contributed by atoms with Crippen molar-refractivity contribution in [3.8, 4) is 0 Å². The van der Waals surface area contributed by atoms with Gasteiger partial charge in [0, 0.05) is 12.1 Å². The summed E-state index contributed by atoms with van der Waals surface area (Å²) in [6.45, 7) is 0.774. The van der Waals surface area contributed by atoms with Crippen LogP contribution in [0.5, 0.6) is 0 Å². The molecule has 0 saturated heterocycles. The molecule has 0 amide bonds. The van der Waals surface area contributed by atoms with Gasteiger partial charge < -0.3 is 4.90 Å². The minimum Gasteiger partial charge on any atom is -0.336 e. The van der Waals surface area contributed by atoms with Gasteiger partial charge in [0.15, 0.2) is 0 Å². The van der Waals surface area contributed by atoms with Crippen LogP contribution in [0.2, 0.25) is 5.02 Å². The third-order valence-corrected chi connectivity index (χ3v) is 5.48. The van der Waals surface area contributed by atoms with Crippen LogP contribution in [-0.2, 0) is 29.3 Å². The Morgan fingerprint density at radius 3 is 2.15 bits per heavy atom. The van der Waals surface area contributed by atoms with E-state index in [2.05, 4.69) is 4.72 Å². The van der Waals surface area contributed by atoms with Crippen molar-refractivity contribution >= 4 is 21.6 Å². The second-order valence-electron chi connectivity index (χ2n) is 6.17. The number of nitrogens with one attached hydrogen (secondary N) is 2. The number of sulfonamides is 1. The quantitative estimate of drug-likeness (QED) is 0.773. The highest BCUT2D eigenvalue weighted by atomic mass is 35.5. The topological polar surface area (TPSA) is 50.6 Å². The lowest BCUT2D eigenvalue weighted by Crippen LogP contribution is -3.04. The fourth-order valence-electron chi connectivity index (χ4n) is 2.32. The van der Waals surface area contributed by atoms with Gasteiger partial charge in [-0.05, 0) is 23.8 Å². The second kappa shape index (κ2) is 7.96. The minimum atomic E-state index is -4.65. The van der Waals surface area contributed by atoms with Crippen LogP contribution in [-0.4, -0.2) is 22.5 Å². The molecule has 9 heteroatoms. The van der Waals surface area contributed by atoms with E-state index < -0.39 is 26.7 Å². The summed E-state index contributed by atoms with van der Waals surface area (Å²) in [5.74, 6) is 0. The van der Waals surface area contributed by atoms with Crippen molar-refractivity contribution in [2.24, 2.45) is 0 Å².